The monoisotopic (exact) mass is 384 g/mol. The van der Waals surface area contributed by atoms with Gasteiger partial charge in [0.2, 0.25) is 0 Å². The molecule has 3 aliphatic carbocycles. The standard InChI is InChI=1S/C29H20O/c30-29(17-8-2-1-3-9-17)18-14-15-23-24(16-18)27-22-13-7-6-12-21(22)25-19-10-4-5-11-20(19)26(23)28(25)27/h1-16,25-28H/t25-,26+,27-,28?/m0/s1. The fourth-order valence-corrected chi connectivity index (χ4v) is 6.50. The van der Waals surface area contributed by atoms with Crippen LogP contribution in [0, 0.1) is 5.92 Å². The summed E-state index contributed by atoms with van der Waals surface area (Å²) in [6.07, 6.45) is 0. The summed E-state index contributed by atoms with van der Waals surface area (Å²) in [7, 11) is 0. The van der Waals surface area contributed by atoms with Gasteiger partial charge in [-0.15, -0.1) is 0 Å². The predicted molar refractivity (Wildman–Crippen MR) is 118 cm³/mol. The van der Waals surface area contributed by atoms with E-state index >= 15 is 0 Å². The first-order chi connectivity index (χ1) is 14.8. The molecule has 0 aliphatic heterocycles. The summed E-state index contributed by atoms with van der Waals surface area (Å²) >= 11 is 0. The zero-order valence-electron chi connectivity index (χ0n) is 16.5. The normalized spacial score (nSPS) is 24.1. The second-order valence-electron chi connectivity index (χ2n) is 8.81. The van der Waals surface area contributed by atoms with Gasteiger partial charge in [-0.05, 0) is 45.4 Å². The fraction of sp³-hybridized carbons (Fsp3) is 0.138. The van der Waals surface area contributed by atoms with Crippen LogP contribution >= 0.6 is 0 Å². The Kier molecular flexibility index (Phi) is 3.16. The van der Waals surface area contributed by atoms with Crippen LogP contribution in [0.5, 0.6) is 0 Å². The lowest BCUT2D eigenvalue weighted by molar-refractivity contribution is 0.103. The Morgan fingerprint density at radius 3 is 1.50 bits per heavy atom. The van der Waals surface area contributed by atoms with Gasteiger partial charge in [-0.2, -0.15) is 0 Å². The van der Waals surface area contributed by atoms with Gasteiger partial charge in [-0.25, -0.2) is 0 Å². The minimum absolute atomic E-state index is 0.110. The largest absolute Gasteiger partial charge is 0.289 e. The molecular formula is C29H20O. The van der Waals surface area contributed by atoms with E-state index in [2.05, 4.69) is 60.7 Å². The highest BCUT2D eigenvalue weighted by Gasteiger charge is 2.56. The number of hydrogen-bond donors (Lipinski definition) is 0. The molecule has 1 nitrogen and oxygen atoms in total. The Hall–Kier alpha value is -3.45. The molecule has 0 amide bonds. The highest BCUT2D eigenvalue weighted by molar-refractivity contribution is 6.09. The van der Waals surface area contributed by atoms with E-state index in [-0.39, 0.29) is 5.78 Å². The summed E-state index contributed by atoms with van der Waals surface area (Å²) in [6.45, 7) is 0. The Bertz CT molecular complexity index is 1330. The van der Waals surface area contributed by atoms with E-state index in [0.29, 0.717) is 23.7 Å². The summed E-state index contributed by atoms with van der Waals surface area (Å²) in [5, 5.41) is 0. The van der Waals surface area contributed by atoms with Crippen molar-refractivity contribution in [2.75, 3.05) is 0 Å². The summed E-state index contributed by atoms with van der Waals surface area (Å²) in [6, 6.07) is 34.0. The summed E-state index contributed by atoms with van der Waals surface area (Å²) in [4.78, 5) is 13.1. The van der Waals surface area contributed by atoms with Crippen LogP contribution in [-0.2, 0) is 0 Å². The molecule has 4 aromatic rings. The van der Waals surface area contributed by atoms with Gasteiger partial charge in [0.25, 0.3) is 0 Å². The van der Waals surface area contributed by atoms with Gasteiger partial charge in [0, 0.05) is 28.9 Å². The SMILES string of the molecule is O=C(c1ccccc1)c1ccc2c(c1)[C@@H]1c3ccccc3[C@@H]3c4ccccc4[C@H]2C31. The molecule has 4 atom stereocenters. The van der Waals surface area contributed by atoms with Crippen LogP contribution in [0.2, 0.25) is 0 Å². The number of benzene rings is 4. The molecule has 0 bridgehead atoms. The molecule has 30 heavy (non-hydrogen) atoms. The minimum atomic E-state index is 0.110. The summed E-state index contributed by atoms with van der Waals surface area (Å²) in [5.74, 6) is 1.92. The maximum atomic E-state index is 13.1. The van der Waals surface area contributed by atoms with Crippen molar-refractivity contribution in [2.45, 2.75) is 17.8 Å². The van der Waals surface area contributed by atoms with Crippen LogP contribution < -0.4 is 0 Å². The van der Waals surface area contributed by atoms with E-state index in [1.54, 1.807) is 0 Å². The summed E-state index contributed by atoms with van der Waals surface area (Å²) in [5.41, 5.74) is 10.2. The van der Waals surface area contributed by atoms with Crippen molar-refractivity contribution in [3.8, 4) is 0 Å². The Morgan fingerprint density at radius 1 is 0.467 bits per heavy atom. The zero-order valence-corrected chi connectivity index (χ0v) is 16.5. The van der Waals surface area contributed by atoms with E-state index in [9.17, 15) is 4.79 Å². The molecular weight excluding hydrogens is 364 g/mol. The Morgan fingerprint density at radius 2 is 0.933 bits per heavy atom. The van der Waals surface area contributed by atoms with Crippen LogP contribution in [0.15, 0.2) is 97.1 Å². The van der Waals surface area contributed by atoms with E-state index < -0.39 is 0 Å². The van der Waals surface area contributed by atoms with Crippen molar-refractivity contribution in [3.05, 3.63) is 142 Å². The lowest BCUT2D eigenvalue weighted by atomic mass is 9.86. The molecule has 1 heteroatoms. The van der Waals surface area contributed by atoms with Crippen molar-refractivity contribution in [1.29, 1.82) is 0 Å². The smallest absolute Gasteiger partial charge is 0.193 e. The Labute approximate surface area is 176 Å². The maximum absolute atomic E-state index is 13.1. The van der Waals surface area contributed by atoms with E-state index in [1.165, 1.54) is 33.4 Å². The molecule has 4 aromatic carbocycles. The van der Waals surface area contributed by atoms with Gasteiger partial charge in [0.15, 0.2) is 5.78 Å². The van der Waals surface area contributed by atoms with Gasteiger partial charge in [-0.3, -0.25) is 4.79 Å². The molecule has 0 spiro atoms. The number of ketones is 1. The van der Waals surface area contributed by atoms with Crippen LogP contribution in [0.1, 0.15) is 67.1 Å². The second-order valence-corrected chi connectivity index (χ2v) is 8.81. The van der Waals surface area contributed by atoms with Crippen molar-refractivity contribution >= 4 is 5.78 Å². The minimum Gasteiger partial charge on any atom is -0.289 e. The van der Waals surface area contributed by atoms with Crippen molar-refractivity contribution in [3.63, 3.8) is 0 Å². The number of carbonyl (C=O) groups is 1. The topological polar surface area (TPSA) is 17.1 Å². The molecule has 0 radical (unpaired) electrons. The maximum Gasteiger partial charge on any atom is 0.193 e. The molecule has 3 aliphatic rings. The fourth-order valence-electron chi connectivity index (χ4n) is 6.50. The lowest BCUT2D eigenvalue weighted by Crippen LogP contribution is -2.07. The molecule has 0 aromatic heterocycles. The average molecular weight is 384 g/mol. The molecule has 142 valence electrons. The van der Waals surface area contributed by atoms with Crippen molar-refractivity contribution in [2.24, 2.45) is 5.92 Å². The van der Waals surface area contributed by atoms with E-state index in [0.717, 1.165) is 11.1 Å². The van der Waals surface area contributed by atoms with Crippen molar-refractivity contribution < 1.29 is 4.79 Å². The van der Waals surface area contributed by atoms with Gasteiger partial charge in [0.05, 0.1) is 0 Å². The number of hydrogen-bond acceptors (Lipinski definition) is 1. The number of carbonyl (C=O) groups excluding carboxylic acids is 1. The predicted octanol–water partition coefficient (Wildman–Crippen LogP) is 6.27. The zero-order chi connectivity index (χ0) is 19.8. The molecule has 0 N–H and O–H groups in total. The quantitative estimate of drug-likeness (QED) is 0.372. The van der Waals surface area contributed by atoms with Crippen LogP contribution in [-0.4, -0.2) is 5.78 Å². The first kappa shape index (κ1) is 16.4. The van der Waals surface area contributed by atoms with Crippen molar-refractivity contribution in [1.82, 2.24) is 0 Å². The number of fused-ring (bicyclic) bond motifs is 9. The average Bonchev–Trinajstić information content (AvgIpc) is 3.43. The highest BCUT2D eigenvalue weighted by atomic mass is 16.1. The van der Waals surface area contributed by atoms with Gasteiger partial charge in [-0.1, -0.05) is 91.0 Å². The molecule has 7 rings (SSSR count). The lowest BCUT2D eigenvalue weighted by Gasteiger charge is -2.16. The highest BCUT2D eigenvalue weighted by Crippen LogP contribution is 2.68. The van der Waals surface area contributed by atoms with E-state index in [1.807, 2.05) is 36.4 Å². The van der Waals surface area contributed by atoms with E-state index in [4.69, 9.17) is 0 Å². The summed E-state index contributed by atoms with van der Waals surface area (Å²) < 4.78 is 0. The molecule has 1 unspecified atom stereocenters. The van der Waals surface area contributed by atoms with Gasteiger partial charge >= 0.3 is 0 Å². The third kappa shape index (κ3) is 1.95. The third-order valence-electron chi connectivity index (χ3n) is 7.54. The van der Waals surface area contributed by atoms with Crippen LogP contribution in [0.3, 0.4) is 0 Å². The molecule has 0 heterocycles. The molecule has 0 saturated heterocycles. The van der Waals surface area contributed by atoms with Gasteiger partial charge < -0.3 is 0 Å². The Balaban J connectivity index is 1.45. The molecule has 0 saturated carbocycles. The molecule has 0 fully saturated rings. The first-order valence-corrected chi connectivity index (χ1v) is 10.7. The third-order valence-corrected chi connectivity index (χ3v) is 7.54. The second kappa shape index (κ2) is 5.79. The number of rotatable bonds is 2. The first-order valence-electron chi connectivity index (χ1n) is 10.7. The van der Waals surface area contributed by atoms with Crippen LogP contribution in [0.4, 0.5) is 0 Å². The van der Waals surface area contributed by atoms with Gasteiger partial charge in [0.1, 0.15) is 0 Å². The van der Waals surface area contributed by atoms with Crippen LogP contribution in [0.25, 0.3) is 0 Å².